The summed E-state index contributed by atoms with van der Waals surface area (Å²) in [5.74, 6) is 0.617. The maximum absolute atomic E-state index is 12.0. The number of hydrogen-bond acceptors (Lipinski definition) is 3. The second kappa shape index (κ2) is 6.77. The summed E-state index contributed by atoms with van der Waals surface area (Å²) >= 11 is 5.94. The molecule has 1 heterocycles. The first kappa shape index (κ1) is 14.9. The van der Waals surface area contributed by atoms with Gasteiger partial charge in [0.05, 0.1) is 13.2 Å². The minimum Gasteiger partial charge on any atom is -0.496 e. The predicted octanol–water partition coefficient (Wildman–Crippen LogP) is 2.35. The molecule has 0 saturated carbocycles. The SMILES string of the molecule is COc1ccc(Cl)cc1C=CC(=O)N1CCC(O)CC1. The van der Waals surface area contributed by atoms with Crippen molar-refractivity contribution < 1.29 is 14.6 Å². The lowest BCUT2D eigenvalue weighted by atomic mass is 10.1. The molecule has 1 aromatic rings. The summed E-state index contributed by atoms with van der Waals surface area (Å²) in [7, 11) is 1.58. The van der Waals surface area contributed by atoms with Crippen LogP contribution < -0.4 is 4.74 Å². The quantitative estimate of drug-likeness (QED) is 0.871. The molecule has 0 aliphatic carbocycles. The third-order valence-corrected chi connectivity index (χ3v) is 3.61. The van der Waals surface area contributed by atoms with Gasteiger partial charge >= 0.3 is 0 Å². The minimum atomic E-state index is -0.281. The molecule has 1 aliphatic heterocycles. The number of carbonyl (C=O) groups excluding carboxylic acids is 1. The number of aliphatic hydroxyl groups excluding tert-OH is 1. The highest BCUT2D eigenvalue weighted by molar-refractivity contribution is 6.30. The van der Waals surface area contributed by atoms with Crippen molar-refractivity contribution in [3.05, 3.63) is 34.9 Å². The van der Waals surface area contributed by atoms with Crippen LogP contribution in [0.15, 0.2) is 24.3 Å². The van der Waals surface area contributed by atoms with Crippen LogP contribution in [0.1, 0.15) is 18.4 Å². The molecule has 1 amide bonds. The molecule has 0 radical (unpaired) electrons. The number of carbonyl (C=O) groups is 1. The smallest absolute Gasteiger partial charge is 0.246 e. The van der Waals surface area contributed by atoms with Gasteiger partial charge in [-0.05, 0) is 37.1 Å². The van der Waals surface area contributed by atoms with Gasteiger partial charge in [-0.1, -0.05) is 11.6 Å². The number of ether oxygens (including phenoxy) is 1. The van der Waals surface area contributed by atoms with Crippen LogP contribution in [0.3, 0.4) is 0 Å². The topological polar surface area (TPSA) is 49.8 Å². The van der Waals surface area contributed by atoms with E-state index in [0.29, 0.717) is 36.7 Å². The number of halogens is 1. The number of amides is 1. The standard InChI is InChI=1S/C15H18ClNO3/c1-20-14-4-3-12(16)10-11(14)2-5-15(19)17-8-6-13(18)7-9-17/h2-5,10,13,18H,6-9H2,1H3. The number of methoxy groups -OCH3 is 1. The Morgan fingerprint density at radius 2 is 2.15 bits per heavy atom. The van der Waals surface area contributed by atoms with E-state index in [1.54, 1.807) is 36.3 Å². The van der Waals surface area contributed by atoms with E-state index in [2.05, 4.69) is 0 Å². The lowest BCUT2D eigenvalue weighted by molar-refractivity contribution is -0.127. The Kier molecular flexibility index (Phi) is 5.04. The first-order valence-corrected chi connectivity index (χ1v) is 6.96. The zero-order valence-electron chi connectivity index (χ0n) is 11.4. The van der Waals surface area contributed by atoms with Crippen LogP contribution >= 0.6 is 11.6 Å². The van der Waals surface area contributed by atoms with Crippen molar-refractivity contribution in [3.63, 3.8) is 0 Å². The molecule has 108 valence electrons. The number of likely N-dealkylation sites (tertiary alicyclic amines) is 1. The fraction of sp³-hybridized carbons (Fsp3) is 0.400. The van der Waals surface area contributed by atoms with E-state index in [1.165, 1.54) is 6.08 Å². The summed E-state index contributed by atoms with van der Waals surface area (Å²) in [6.07, 6.45) is 4.22. The highest BCUT2D eigenvalue weighted by atomic mass is 35.5. The van der Waals surface area contributed by atoms with Crippen LogP contribution in [0.4, 0.5) is 0 Å². The van der Waals surface area contributed by atoms with Gasteiger partial charge in [-0.2, -0.15) is 0 Å². The summed E-state index contributed by atoms with van der Waals surface area (Å²) in [6, 6.07) is 5.26. The van der Waals surface area contributed by atoms with Crippen molar-refractivity contribution in [2.24, 2.45) is 0 Å². The molecular formula is C15H18ClNO3. The van der Waals surface area contributed by atoms with Crippen molar-refractivity contribution in [2.45, 2.75) is 18.9 Å². The molecular weight excluding hydrogens is 278 g/mol. The van der Waals surface area contributed by atoms with Crippen LogP contribution in [-0.4, -0.2) is 42.2 Å². The zero-order valence-corrected chi connectivity index (χ0v) is 12.1. The lowest BCUT2D eigenvalue weighted by Gasteiger charge is -2.28. The third kappa shape index (κ3) is 3.74. The Hall–Kier alpha value is -1.52. The fourth-order valence-electron chi connectivity index (χ4n) is 2.19. The molecule has 1 saturated heterocycles. The molecule has 1 aliphatic rings. The predicted molar refractivity (Wildman–Crippen MR) is 78.9 cm³/mol. The molecule has 4 nitrogen and oxygen atoms in total. The normalized spacial score (nSPS) is 16.6. The van der Waals surface area contributed by atoms with Gasteiger partial charge < -0.3 is 14.7 Å². The maximum atomic E-state index is 12.0. The summed E-state index contributed by atoms with van der Waals surface area (Å²) in [5.41, 5.74) is 0.769. The molecule has 0 bridgehead atoms. The third-order valence-electron chi connectivity index (χ3n) is 3.37. The molecule has 1 aromatic carbocycles. The van der Waals surface area contributed by atoms with E-state index in [9.17, 15) is 9.90 Å². The van der Waals surface area contributed by atoms with Crippen molar-refractivity contribution in [1.29, 1.82) is 0 Å². The molecule has 20 heavy (non-hydrogen) atoms. The Bertz CT molecular complexity index is 508. The van der Waals surface area contributed by atoms with Gasteiger partial charge in [-0.3, -0.25) is 4.79 Å². The Morgan fingerprint density at radius 3 is 2.80 bits per heavy atom. The highest BCUT2D eigenvalue weighted by Crippen LogP contribution is 2.24. The van der Waals surface area contributed by atoms with Gasteiger partial charge in [0.1, 0.15) is 5.75 Å². The van der Waals surface area contributed by atoms with Gasteiger partial charge in [-0.15, -0.1) is 0 Å². The second-order valence-electron chi connectivity index (χ2n) is 4.78. The molecule has 0 aromatic heterocycles. The van der Waals surface area contributed by atoms with Crippen molar-refractivity contribution in [3.8, 4) is 5.75 Å². The Balaban J connectivity index is 2.05. The Morgan fingerprint density at radius 1 is 1.45 bits per heavy atom. The van der Waals surface area contributed by atoms with Crippen LogP contribution in [0, 0.1) is 0 Å². The molecule has 1 N–H and O–H groups in total. The van der Waals surface area contributed by atoms with Gasteiger partial charge in [0.25, 0.3) is 0 Å². The molecule has 2 rings (SSSR count). The van der Waals surface area contributed by atoms with Crippen LogP contribution in [0.5, 0.6) is 5.75 Å². The van der Waals surface area contributed by atoms with Crippen molar-refractivity contribution in [1.82, 2.24) is 4.90 Å². The number of rotatable bonds is 3. The molecule has 0 spiro atoms. The molecule has 5 heteroatoms. The monoisotopic (exact) mass is 295 g/mol. The van der Waals surface area contributed by atoms with E-state index in [4.69, 9.17) is 16.3 Å². The summed E-state index contributed by atoms with van der Waals surface area (Å²) in [4.78, 5) is 13.8. The van der Waals surface area contributed by atoms with E-state index >= 15 is 0 Å². The highest BCUT2D eigenvalue weighted by Gasteiger charge is 2.19. The van der Waals surface area contributed by atoms with Crippen LogP contribution in [0.2, 0.25) is 5.02 Å². The number of benzene rings is 1. The van der Waals surface area contributed by atoms with Gasteiger partial charge in [0.15, 0.2) is 0 Å². The van der Waals surface area contributed by atoms with E-state index in [1.807, 2.05) is 0 Å². The van der Waals surface area contributed by atoms with Crippen molar-refractivity contribution >= 4 is 23.6 Å². The van der Waals surface area contributed by atoms with Gasteiger partial charge in [0.2, 0.25) is 5.91 Å². The average molecular weight is 296 g/mol. The van der Waals surface area contributed by atoms with Gasteiger partial charge in [0, 0.05) is 29.8 Å². The van der Waals surface area contributed by atoms with Gasteiger partial charge in [-0.25, -0.2) is 0 Å². The zero-order chi connectivity index (χ0) is 14.5. The average Bonchev–Trinajstić information content (AvgIpc) is 2.45. The molecule has 0 unspecified atom stereocenters. The number of nitrogens with zero attached hydrogens (tertiary/aromatic N) is 1. The van der Waals surface area contributed by atoms with Crippen LogP contribution in [-0.2, 0) is 4.79 Å². The number of piperidine rings is 1. The Labute approximate surface area is 123 Å². The largest absolute Gasteiger partial charge is 0.496 e. The molecule has 1 fully saturated rings. The number of hydrogen-bond donors (Lipinski definition) is 1. The maximum Gasteiger partial charge on any atom is 0.246 e. The van der Waals surface area contributed by atoms with Crippen LogP contribution in [0.25, 0.3) is 6.08 Å². The van der Waals surface area contributed by atoms with E-state index < -0.39 is 0 Å². The first-order valence-electron chi connectivity index (χ1n) is 6.58. The summed E-state index contributed by atoms with van der Waals surface area (Å²) < 4.78 is 5.22. The van der Waals surface area contributed by atoms with E-state index in [-0.39, 0.29) is 12.0 Å². The van der Waals surface area contributed by atoms with E-state index in [0.717, 1.165) is 5.56 Å². The molecule has 0 atom stereocenters. The lowest BCUT2D eigenvalue weighted by Crippen LogP contribution is -2.39. The van der Waals surface area contributed by atoms with Crippen molar-refractivity contribution in [2.75, 3.05) is 20.2 Å². The second-order valence-corrected chi connectivity index (χ2v) is 5.21. The summed E-state index contributed by atoms with van der Waals surface area (Å²) in [5, 5.41) is 10.0. The number of aliphatic hydroxyl groups is 1. The summed E-state index contributed by atoms with van der Waals surface area (Å²) in [6.45, 7) is 1.19. The first-order chi connectivity index (χ1) is 9.60. The minimum absolute atomic E-state index is 0.0565. The fourth-order valence-corrected chi connectivity index (χ4v) is 2.37.